The van der Waals surface area contributed by atoms with Crippen LogP contribution in [0.15, 0.2) is 18.2 Å². The molecule has 1 atom stereocenters. The Kier molecular flexibility index (Phi) is 3.07. The van der Waals surface area contributed by atoms with Crippen molar-refractivity contribution in [3.8, 4) is 5.75 Å². The number of para-hydroxylation sites is 1. The molecule has 0 aliphatic rings. The molecule has 0 bridgehead atoms. The van der Waals surface area contributed by atoms with Crippen molar-refractivity contribution in [1.82, 2.24) is 0 Å². The minimum atomic E-state index is -0.102. The Hall–Kier alpha value is -1.31. The fraction of sp³-hybridized carbons (Fsp3) is 0.364. The predicted octanol–water partition coefficient (Wildman–Crippen LogP) is 2.31. The maximum absolute atomic E-state index is 10.6. The average molecular weight is 178 g/mol. The van der Waals surface area contributed by atoms with E-state index in [2.05, 4.69) is 0 Å². The number of aldehydes is 1. The zero-order valence-corrected chi connectivity index (χ0v) is 8.20. The Labute approximate surface area is 78.5 Å². The molecule has 0 amide bonds. The van der Waals surface area contributed by atoms with Crippen LogP contribution in [0, 0.1) is 6.92 Å². The van der Waals surface area contributed by atoms with Crippen LogP contribution in [-0.4, -0.2) is 13.4 Å². The van der Waals surface area contributed by atoms with E-state index in [0.717, 1.165) is 23.2 Å². The molecule has 0 heterocycles. The molecule has 1 rings (SSSR count). The van der Waals surface area contributed by atoms with E-state index in [9.17, 15) is 4.79 Å². The van der Waals surface area contributed by atoms with E-state index >= 15 is 0 Å². The lowest BCUT2D eigenvalue weighted by Crippen LogP contribution is -1.99. The van der Waals surface area contributed by atoms with Crippen LogP contribution in [0.25, 0.3) is 0 Å². The number of carbonyl (C=O) groups excluding carboxylic acids is 1. The molecule has 0 aromatic heterocycles. The molecule has 0 aliphatic carbocycles. The molecular formula is C11H14O2. The smallest absolute Gasteiger partial charge is 0.127 e. The van der Waals surface area contributed by atoms with Gasteiger partial charge in [0.25, 0.3) is 0 Å². The summed E-state index contributed by atoms with van der Waals surface area (Å²) in [5.74, 6) is 0.719. The standard InChI is InChI=1S/C11H14O2/c1-8-5-4-6-10(9(2)7-12)11(8)13-3/h4-7,9H,1-3H3. The Morgan fingerprint density at radius 3 is 2.69 bits per heavy atom. The molecule has 13 heavy (non-hydrogen) atoms. The number of methoxy groups -OCH3 is 1. The van der Waals surface area contributed by atoms with Crippen LogP contribution in [0.2, 0.25) is 0 Å². The normalized spacial score (nSPS) is 12.2. The summed E-state index contributed by atoms with van der Waals surface area (Å²) in [5.41, 5.74) is 2.02. The first-order valence-corrected chi connectivity index (χ1v) is 4.29. The van der Waals surface area contributed by atoms with E-state index in [1.165, 1.54) is 0 Å². The molecule has 2 heteroatoms. The Balaban J connectivity index is 3.19. The second-order valence-corrected chi connectivity index (χ2v) is 3.12. The fourth-order valence-electron chi connectivity index (χ4n) is 1.39. The summed E-state index contributed by atoms with van der Waals surface area (Å²) in [6, 6.07) is 5.83. The van der Waals surface area contributed by atoms with Gasteiger partial charge >= 0.3 is 0 Å². The highest BCUT2D eigenvalue weighted by Gasteiger charge is 2.11. The van der Waals surface area contributed by atoms with Gasteiger partial charge in [-0.1, -0.05) is 25.1 Å². The molecule has 0 spiro atoms. The molecule has 0 saturated heterocycles. The van der Waals surface area contributed by atoms with Crippen molar-refractivity contribution in [1.29, 1.82) is 0 Å². The monoisotopic (exact) mass is 178 g/mol. The van der Waals surface area contributed by atoms with E-state index in [1.54, 1.807) is 7.11 Å². The summed E-state index contributed by atoms with van der Waals surface area (Å²) >= 11 is 0. The maximum Gasteiger partial charge on any atom is 0.127 e. The first-order valence-electron chi connectivity index (χ1n) is 4.29. The highest BCUT2D eigenvalue weighted by molar-refractivity contribution is 5.64. The quantitative estimate of drug-likeness (QED) is 0.664. The minimum Gasteiger partial charge on any atom is -0.496 e. The van der Waals surface area contributed by atoms with Crippen molar-refractivity contribution in [3.63, 3.8) is 0 Å². The molecule has 1 aromatic carbocycles. The number of rotatable bonds is 3. The molecular weight excluding hydrogens is 164 g/mol. The van der Waals surface area contributed by atoms with Gasteiger partial charge in [0.15, 0.2) is 0 Å². The van der Waals surface area contributed by atoms with Crippen molar-refractivity contribution in [2.75, 3.05) is 7.11 Å². The first kappa shape index (κ1) is 9.78. The SMILES string of the molecule is COc1c(C)cccc1C(C)C=O. The van der Waals surface area contributed by atoms with Crippen molar-refractivity contribution in [3.05, 3.63) is 29.3 Å². The Bertz CT molecular complexity index is 305. The molecule has 0 N–H and O–H groups in total. The van der Waals surface area contributed by atoms with Crippen LogP contribution in [-0.2, 0) is 4.79 Å². The lowest BCUT2D eigenvalue weighted by atomic mass is 9.99. The minimum absolute atomic E-state index is 0.102. The molecule has 0 radical (unpaired) electrons. The van der Waals surface area contributed by atoms with E-state index < -0.39 is 0 Å². The van der Waals surface area contributed by atoms with Gasteiger partial charge in [0.1, 0.15) is 12.0 Å². The second kappa shape index (κ2) is 4.08. The molecule has 2 nitrogen and oxygen atoms in total. The first-order chi connectivity index (χ1) is 6.20. The third kappa shape index (κ3) is 1.89. The third-order valence-electron chi connectivity index (χ3n) is 2.14. The topological polar surface area (TPSA) is 26.3 Å². The number of benzene rings is 1. The number of hydrogen-bond donors (Lipinski definition) is 0. The lowest BCUT2D eigenvalue weighted by molar-refractivity contribution is -0.108. The summed E-state index contributed by atoms with van der Waals surface area (Å²) in [6.45, 7) is 3.84. The van der Waals surface area contributed by atoms with E-state index in [4.69, 9.17) is 4.74 Å². The molecule has 0 fully saturated rings. The summed E-state index contributed by atoms with van der Waals surface area (Å²) in [6.07, 6.45) is 0.928. The van der Waals surface area contributed by atoms with Gasteiger partial charge < -0.3 is 9.53 Å². The highest BCUT2D eigenvalue weighted by Crippen LogP contribution is 2.28. The van der Waals surface area contributed by atoms with Gasteiger partial charge in [0.2, 0.25) is 0 Å². The third-order valence-corrected chi connectivity index (χ3v) is 2.14. The summed E-state index contributed by atoms with van der Waals surface area (Å²) in [4.78, 5) is 10.6. The van der Waals surface area contributed by atoms with Gasteiger partial charge in [-0.3, -0.25) is 0 Å². The molecule has 0 aliphatic heterocycles. The van der Waals surface area contributed by atoms with Gasteiger partial charge in [-0.2, -0.15) is 0 Å². The number of ether oxygens (including phenoxy) is 1. The van der Waals surface area contributed by atoms with Gasteiger partial charge in [-0.25, -0.2) is 0 Å². The maximum atomic E-state index is 10.6. The molecule has 0 saturated carbocycles. The predicted molar refractivity (Wildman–Crippen MR) is 52.2 cm³/mol. The van der Waals surface area contributed by atoms with E-state index in [0.29, 0.717) is 0 Å². The Morgan fingerprint density at radius 2 is 2.15 bits per heavy atom. The molecule has 70 valence electrons. The van der Waals surface area contributed by atoms with Crippen molar-refractivity contribution < 1.29 is 9.53 Å². The van der Waals surface area contributed by atoms with Gasteiger partial charge in [0, 0.05) is 11.5 Å². The molecule has 1 unspecified atom stereocenters. The van der Waals surface area contributed by atoms with E-state index in [1.807, 2.05) is 32.0 Å². The zero-order valence-electron chi connectivity index (χ0n) is 8.20. The summed E-state index contributed by atoms with van der Waals surface area (Å²) < 4.78 is 5.24. The van der Waals surface area contributed by atoms with Crippen LogP contribution < -0.4 is 4.74 Å². The second-order valence-electron chi connectivity index (χ2n) is 3.12. The van der Waals surface area contributed by atoms with Gasteiger partial charge in [-0.05, 0) is 12.5 Å². The van der Waals surface area contributed by atoms with Crippen LogP contribution >= 0.6 is 0 Å². The summed E-state index contributed by atoms with van der Waals surface area (Å²) in [5, 5.41) is 0. The Morgan fingerprint density at radius 1 is 1.46 bits per heavy atom. The fourth-order valence-corrected chi connectivity index (χ4v) is 1.39. The number of aryl methyl sites for hydroxylation is 1. The van der Waals surface area contributed by atoms with Gasteiger partial charge in [-0.15, -0.1) is 0 Å². The molecule has 1 aromatic rings. The largest absolute Gasteiger partial charge is 0.496 e. The van der Waals surface area contributed by atoms with Crippen LogP contribution in [0.5, 0.6) is 5.75 Å². The van der Waals surface area contributed by atoms with Crippen molar-refractivity contribution >= 4 is 6.29 Å². The van der Waals surface area contributed by atoms with Crippen molar-refractivity contribution in [2.24, 2.45) is 0 Å². The lowest BCUT2D eigenvalue weighted by Gasteiger charge is -2.12. The van der Waals surface area contributed by atoms with Crippen LogP contribution in [0.1, 0.15) is 24.0 Å². The van der Waals surface area contributed by atoms with Gasteiger partial charge in [0.05, 0.1) is 7.11 Å². The average Bonchev–Trinajstić information content (AvgIpc) is 2.16. The number of hydrogen-bond acceptors (Lipinski definition) is 2. The highest BCUT2D eigenvalue weighted by atomic mass is 16.5. The van der Waals surface area contributed by atoms with Crippen molar-refractivity contribution in [2.45, 2.75) is 19.8 Å². The van der Waals surface area contributed by atoms with Crippen LogP contribution in [0.4, 0.5) is 0 Å². The van der Waals surface area contributed by atoms with E-state index in [-0.39, 0.29) is 5.92 Å². The zero-order chi connectivity index (χ0) is 9.84. The summed E-state index contributed by atoms with van der Waals surface area (Å²) in [7, 11) is 1.63. The number of carbonyl (C=O) groups is 1. The van der Waals surface area contributed by atoms with Crippen LogP contribution in [0.3, 0.4) is 0 Å².